The average molecular weight is 637 g/mol. The Balaban J connectivity index is 2.66. The monoisotopic (exact) mass is 636 g/mol. The number of aliphatic hydroxyl groups excluding tert-OH is 1. The molecule has 2 rings (SSSR count). The molecule has 0 radical (unpaired) electrons. The highest BCUT2D eigenvalue weighted by atomic mass is 16.8. The first-order valence-corrected chi connectivity index (χ1v) is 13.3. The summed E-state index contributed by atoms with van der Waals surface area (Å²) in [6, 6.07) is 0. The number of rotatable bonds is 11. The second-order valence-corrected chi connectivity index (χ2v) is 9.68. The zero-order chi connectivity index (χ0) is 33.3. The van der Waals surface area contributed by atoms with E-state index in [4.69, 9.17) is 47.4 Å². The molecule has 0 saturated carbocycles. The maximum Gasteiger partial charge on any atom is 0.303 e. The number of esters is 7. The normalized spacial score (nSPS) is 31.5. The van der Waals surface area contributed by atoms with E-state index < -0.39 is 116 Å². The predicted octanol–water partition coefficient (Wildman–Crippen LogP) is -1.40. The van der Waals surface area contributed by atoms with Gasteiger partial charge in [0.05, 0.1) is 0 Å². The highest BCUT2D eigenvalue weighted by Gasteiger charge is 2.57. The molecule has 0 bridgehead atoms. The van der Waals surface area contributed by atoms with Crippen LogP contribution in [0.5, 0.6) is 0 Å². The van der Waals surface area contributed by atoms with Gasteiger partial charge < -0.3 is 52.5 Å². The highest BCUT2D eigenvalue weighted by molar-refractivity contribution is 5.69. The van der Waals surface area contributed by atoms with Crippen LogP contribution >= 0.6 is 0 Å². The number of ether oxygens (including phenoxy) is 10. The van der Waals surface area contributed by atoms with E-state index in [-0.39, 0.29) is 0 Å². The summed E-state index contributed by atoms with van der Waals surface area (Å²) in [7, 11) is 0. The number of carbonyl (C=O) groups excluding carboxylic acids is 7. The molecule has 0 aromatic carbocycles. The molecule has 2 fully saturated rings. The third-order valence-electron chi connectivity index (χ3n) is 5.90. The molecule has 10 atom stereocenters. The average Bonchev–Trinajstić information content (AvgIpc) is 2.87. The molecule has 0 aromatic rings. The summed E-state index contributed by atoms with van der Waals surface area (Å²) in [6.45, 7) is 6.11. The summed E-state index contributed by atoms with van der Waals surface area (Å²) < 4.78 is 54.1. The van der Waals surface area contributed by atoms with Crippen LogP contribution in [-0.4, -0.2) is 122 Å². The molecule has 248 valence electrons. The van der Waals surface area contributed by atoms with Crippen LogP contribution in [0.1, 0.15) is 48.5 Å². The molecule has 0 aromatic heterocycles. The molecule has 0 spiro atoms. The molecule has 0 unspecified atom stereocenters. The first-order chi connectivity index (χ1) is 20.5. The first-order valence-electron chi connectivity index (χ1n) is 13.3. The highest BCUT2D eigenvalue weighted by Crippen LogP contribution is 2.34. The van der Waals surface area contributed by atoms with Crippen molar-refractivity contribution in [2.45, 2.75) is 110 Å². The molecule has 18 heteroatoms. The molecular formula is C26H36O18. The first kappa shape index (κ1) is 36.3. The van der Waals surface area contributed by atoms with Gasteiger partial charge in [0.2, 0.25) is 0 Å². The Morgan fingerprint density at radius 1 is 0.477 bits per heavy atom. The number of aliphatic hydroxyl groups is 1. The van der Waals surface area contributed by atoms with Gasteiger partial charge in [0.15, 0.2) is 43.1 Å². The minimum absolute atomic E-state index is 0.572. The SMILES string of the molecule is CC(=O)OC[C@H]1O[C@@H](O)[C@H](OC(C)=O)[C@@H](OC(C)=O)[C@H]1O[C@H]1O[C@H](COC(C)=O)[C@H](OC(C)=O)[C@H](OC(C)=O)[C@H]1OC(C)=O. The van der Waals surface area contributed by atoms with E-state index in [0.29, 0.717) is 0 Å². The van der Waals surface area contributed by atoms with Crippen molar-refractivity contribution in [3.63, 3.8) is 0 Å². The van der Waals surface area contributed by atoms with Crippen LogP contribution in [-0.2, 0) is 80.9 Å². The lowest BCUT2D eigenvalue weighted by Gasteiger charge is -2.48. The van der Waals surface area contributed by atoms with Crippen molar-refractivity contribution in [1.82, 2.24) is 0 Å². The van der Waals surface area contributed by atoms with Crippen molar-refractivity contribution in [3.05, 3.63) is 0 Å². The van der Waals surface area contributed by atoms with Gasteiger partial charge in [-0.25, -0.2) is 0 Å². The van der Waals surface area contributed by atoms with Crippen molar-refractivity contribution >= 4 is 41.8 Å². The fourth-order valence-electron chi connectivity index (χ4n) is 4.49. The van der Waals surface area contributed by atoms with Gasteiger partial charge in [-0.2, -0.15) is 0 Å². The Morgan fingerprint density at radius 2 is 0.841 bits per heavy atom. The van der Waals surface area contributed by atoms with Crippen LogP contribution in [0.25, 0.3) is 0 Å². The van der Waals surface area contributed by atoms with Gasteiger partial charge in [-0.15, -0.1) is 0 Å². The number of hydrogen-bond acceptors (Lipinski definition) is 18. The Kier molecular flexibility index (Phi) is 13.4. The van der Waals surface area contributed by atoms with Crippen molar-refractivity contribution in [2.24, 2.45) is 0 Å². The lowest BCUT2D eigenvalue weighted by atomic mass is 9.96. The van der Waals surface area contributed by atoms with E-state index in [1.165, 1.54) is 0 Å². The standard InChI is InChI=1S/C26H36O18/c1-10(27)35-8-17-20(21(38-13(4)30)23(25(34)42-17)40-15(6)32)44-26-24(41-16(7)33)22(39-14(5)31)19(37-12(3)29)18(43-26)9-36-11(2)28/h17-26,34H,8-9H2,1-7H3/t17-,18-,19+,20+,21+,22+,23-,24-,25-,26-/m1/s1. The zero-order valence-corrected chi connectivity index (χ0v) is 25.1. The Hall–Kier alpha value is -3.87. The van der Waals surface area contributed by atoms with E-state index in [9.17, 15) is 38.7 Å². The fourth-order valence-corrected chi connectivity index (χ4v) is 4.49. The van der Waals surface area contributed by atoms with Gasteiger partial charge in [0.25, 0.3) is 0 Å². The Bertz CT molecular complexity index is 1090. The number of hydrogen-bond donors (Lipinski definition) is 1. The van der Waals surface area contributed by atoms with Crippen molar-refractivity contribution < 1.29 is 86.0 Å². The van der Waals surface area contributed by atoms with E-state index >= 15 is 0 Å². The summed E-state index contributed by atoms with van der Waals surface area (Å²) in [5.41, 5.74) is 0. The van der Waals surface area contributed by atoms with Gasteiger partial charge in [-0.1, -0.05) is 0 Å². The molecule has 1 N–H and O–H groups in total. The molecule has 0 aliphatic carbocycles. The summed E-state index contributed by atoms with van der Waals surface area (Å²) in [5, 5.41) is 10.6. The van der Waals surface area contributed by atoms with Crippen LogP contribution in [0, 0.1) is 0 Å². The van der Waals surface area contributed by atoms with Gasteiger partial charge in [0.1, 0.15) is 31.5 Å². The molecular weight excluding hydrogens is 600 g/mol. The smallest absolute Gasteiger partial charge is 0.303 e. The van der Waals surface area contributed by atoms with Crippen LogP contribution in [0.15, 0.2) is 0 Å². The summed E-state index contributed by atoms with van der Waals surface area (Å²) >= 11 is 0. The number of carbonyl (C=O) groups is 7. The minimum atomic E-state index is -1.90. The van der Waals surface area contributed by atoms with E-state index in [0.717, 1.165) is 48.5 Å². The third kappa shape index (κ3) is 10.7. The second-order valence-electron chi connectivity index (χ2n) is 9.68. The minimum Gasteiger partial charge on any atom is -0.463 e. The Labute approximate surface area is 251 Å². The molecule has 2 aliphatic heterocycles. The van der Waals surface area contributed by atoms with Gasteiger partial charge >= 0.3 is 41.8 Å². The van der Waals surface area contributed by atoms with E-state index in [1.807, 2.05) is 0 Å². The predicted molar refractivity (Wildman–Crippen MR) is 135 cm³/mol. The molecule has 2 aliphatic rings. The molecule has 2 heterocycles. The van der Waals surface area contributed by atoms with E-state index in [1.54, 1.807) is 0 Å². The van der Waals surface area contributed by atoms with Crippen molar-refractivity contribution in [1.29, 1.82) is 0 Å². The van der Waals surface area contributed by atoms with Crippen molar-refractivity contribution in [3.8, 4) is 0 Å². The molecule has 0 amide bonds. The Morgan fingerprint density at radius 3 is 1.27 bits per heavy atom. The van der Waals surface area contributed by atoms with Crippen LogP contribution in [0.4, 0.5) is 0 Å². The van der Waals surface area contributed by atoms with Gasteiger partial charge in [0, 0.05) is 48.5 Å². The topological polar surface area (TPSA) is 232 Å². The largest absolute Gasteiger partial charge is 0.463 e. The quantitative estimate of drug-likeness (QED) is 0.203. The lowest BCUT2D eigenvalue weighted by Crippen LogP contribution is -2.67. The maximum atomic E-state index is 12.2. The molecule has 2 saturated heterocycles. The van der Waals surface area contributed by atoms with E-state index in [2.05, 4.69) is 0 Å². The zero-order valence-electron chi connectivity index (χ0n) is 25.1. The maximum absolute atomic E-state index is 12.2. The summed E-state index contributed by atoms with van der Waals surface area (Å²) in [5.74, 6) is -6.03. The van der Waals surface area contributed by atoms with Crippen LogP contribution in [0.3, 0.4) is 0 Å². The summed E-state index contributed by atoms with van der Waals surface area (Å²) in [6.07, 6.45) is -16.3. The molecule has 18 nitrogen and oxygen atoms in total. The van der Waals surface area contributed by atoms with Crippen molar-refractivity contribution in [2.75, 3.05) is 13.2 Å². The van der Waals surface area contributed by atoms with Gasteiger partial charge in [-0.3, -0.25) is 33.6 Å². The van der Waals surface area contributed by atoms with Gasteiger partial charge in [-0.05, 0) is 0 Å². The third-order valence-corrected chi connectivity index (χ3v) is 5.90. The van der Waals surface area contributed by atoms with Crippen LogP contribution in [0.2, 0.25) is 0 Å². The lowest BCUT2D eigenvalue weighted by molar-refractivity contribution is -0.357. The molecule has 44 heavy (non-hydrogen) atoms. The summed E-state index contributed by atoms with van der Waals surface area (Å²) in [4.78, 5) is 83.5. The second kappa shape index (κ2) is 16.3. The van der Waals surface area contributed by atoms with Crippen LogP contribution < -0.4 is 0 Å². The fraction of sp³-hybridized carbons (Fsp3) is 0.731.